The number of nitrogen functional groups attached to an aromatic ring is 1. The van der Waals surface area contributed by atoms with Gasteiger partial charge in [0, 0.05) is 12.6 Å². The SMILES string of the molecule is CC.CC(C)OP(O)OCC1CC(F)(F)C(n2ccc(N)nc2=N)O1.FCF. The van der Waals surface area contributed by atoms with Crippen LogP contribution in [0, 0.1) is 5.41 Å². The molecule has 28 heavy (non-hydrogen) atoms. The van der Waals surface area contributed by atoms with Gasteiger partial charge in [-0.25, -0.2) is 17.6 Å². The predicted octanol–water partition coefficient (Wildman–Crippen LogP) is 3.44. The molecular formula is C15H27F4N4O4P. The molecule has 2 heterocycles. The maximum atomic E-state index is 14.1. The molecule has 1 aliphatic rings. The monoisotopic (exact) mass is 434 g/mol. The van der Waals surface area contributed by atoms with Gasteiger partial charge in [-0.15, -0.1) is 0 Å². The van der Waals surface area contributed by atoms with Gasteiger partial charge in [-0.2, -0.15) is 4.98 Å². The van der Waals surface area contributed by atoms with Crippen molar-refractivity contribution in [3.63, 3.8) is 0 Å². The topological polar surface area (TPSA) is 116 Å². The Labute approximate surface area is 162 Å². The van der Waals surface area contributed by atoms with Gasteiger partial charge in [0.2, 0.25) is 18.8 Å². The average molecular weight is 434 g/mol. The minimum absolute atomic E-state index is 0.0594. The molecule has 0 radical (unpaired) electrons. The highest BCUT2D eigenvalue weighted by Crippen LogP contribution is 2.43. The van der Waals surface area contributed by atoms with Crippen molar-refractivity contribution in [2.24, 2.45) is 0 Å². The lowest BCUT2D eigenvalue weighted by molar-refractivity contribution is -0.120. The number of nitrogens with one attached hydrogen (secondary N) is 1. The van der Waals surface area contributed by atoms with Gasteiger partial charge < -0.3 is 24.4 Å². The highest BCUT2D eigenvalue weighted by atomic mass is 31.2. The second-order valence-electron chi connectivity index (χ2n) is 5.45. The molecular weight excluding hydrogens is 407 g/mol. The molecule has 0 spiro atoms. The third-order valence-electron chi connectivity index (χ3n) is 2.99. The molecule has 1 aliphatic heterocycles. The number of hydrogen-bond acceptors (Lipinski definition) is 7. The van der Waals surface area contributed by atoms with E-state index in [1.54, 1.807) is 13.8 Å². The van der Waals surface area contributed by atoms with Crippen molar-refractivity contribution in [1.82, 2.24) is 9.55 Å². The van der Waals surface area contributed by atoms with Gasteiger partial charge >= 0.3 is 8.60 Å². The molecule has 1 aromatic heterocycles. The summed E-state index contributed by atoms with van der Waals surface area (Å²) in [6.45, 7) is 5.44. The zero-order valence-corrected chi connectivity index (χ0v) is 17.0. The first-order valence-corrected chi connectivity index (χ1v) is 9.57. The Morgan fingerprint density at radius 2 is 2.04 bits per heavy atom. The molecule has 1 fully saturated rings. The Balaban J connectivity index is 0.00000133. The lowest BCUT2D eigenvalue weighted by atomic mass is 10.2. The van der Waals surface area contributed by atoms with Gasteiger partial charge in [0.25, 0.3) is 5.92 Å². The summed E-state index contributed by atoms with van der Waals surface area (Å²) in [6.07, 6.45) is -2.22. The average Bonchev–Trinajstić information content (AvgIpc) is 2.89. The fourth-order valence-electron chi connectivity index (χ4n) is 2.09. The van der Waals surface area contributed by atoms with Crippen molar-refractivity contribution in [3.8, 4) is 0 Å². The number of nitrogens with two attached hydrogens (primary N) is 1. The molecule has 1 saturated heterocycles. The quantitative estimate of drug-likeness (QED) is 0.467. The number of rotatable bonds is 6. The zero-order valence-electron chi connectivity index (χ0n) is 16.1. The molecule has 0 saturated carbocycles. The van der Waals surface area contributed by atoms with E-state index in [1.165, 1.54) is 12.3 Å². The maximum absolute atomic E-state index is 14.1. The van der Waals surface area contributed by atoms with Crippen LogP contribution in [0.1, 0.15) is 40.3 Å². The number of ether oxygens (including phenoxy) is 1. The van der Waals surface area contributed by atoms with Crippen LogP contribution in [0.25, 0.3) is 0 Å². The van der Waals surface area contributed by atoms with Crippen LogP contribution in [0.2, 0.25) is 0 Å². The highest BCUT2D eigenvalue weighted by Gasteiger charge is 2.51. The minimum atomic E-state index is -3.20. The van der Waals surface area contributed by atoms with Gasteiger partial charge in [0.15, 0.2) is 0 Å². The molecule has 0 amide bonds. The first-order chi connectivity index (χ1) is 13.1. The Bertz CT molecular complexity index is 624. The van der Waals surface area contributed by atoms with Crippen LogP contribution in [0.4, 0.5) is 23.4 Å². The van der Waals surface area contributed by atoms with Crippen molar-refractivity contribution >= 4 is 14.4 Å². The van der Waals surface area contributed by atoms with E-state index in [1.807, 2.05) is 13.8 Å². The van der Waals surface area contributed by atoms with Crippen molar-refractivity contribution < 1.29 is 36.2 Å². The number of hydrogen-bond donors (Lipinski definition) is 3. The number of aromatic nitrogens is 2. The molecule has 8 nitrogen and oxygen atoms in total. The number of halogens is 4. The third-order valence-corrected chi connectivity index (χ3v) is 3.96. The van der Waals surface area contributed by atoms with Crippen LogP contribution in [-0.4, -0.2) is 46.1 Å². The van der Waals surface area contributed by atoms with E-state index in [0.29, 0.717) is 0 Å². The summed E-state index contributed by atoms with van der Waals surface area (Å²) in [4.78, 5) is 13.1. The van der Waals surface area contributed by atoms with E-state index >= 15 is 0 Å². The predicted molar refractivity (Wildman–Crippen MR) is 95.7 cm³/mol. The summed E-state index contributed by atoms with van der Waals surface area (Å²) in [6, 6.07) is 1.31. The second-order valence-corrected chi connectivity index (χ2v) is 6.39. The number of alkyl halides is 4. The second kappa shape index (κ2) is 13.0. The fourth-order valence-corrected chi connectivity index (χ4v) is 2.81. The summed E-state index contributed by atoms with van der Waals surface area (Å²) in [5.74, 6) is -3.15. The Kier molecular flexibility index (Phi) is 12.4. The van der Waals surface area contributed by atoms with E-state index < -0.39 is 45.8 Å². The smallest absolute Gasteiger partial charge is 0.330 e. The largest absolute Gasteiger partial charge is 0.384 e. The molecule has 2 rings (SSSR count). The lowest BCUT2D eigenvalue weighted by Crippen LogP contribution is -2.35. The molecule has 0 aliphatic carbocycles. The molecule has 1 aromatic rings. The molecule has 164 valence electrons. The van der Waals surface area contributed by atoms with Crippen molar-refractivity contribution in [3.05, 3.63) is 17.9 Å². The van der Waals surface area contributed by atoms with Crippen molar-refractivity contribution in [2.45, 2.75) is 58.5 Å². The number of anilines is 1. The van der Waals surface area contributed by atoms with Crippen LogP contribution in [0.3, 0.4) is 0 Å². The Morgan fingerprint density at radius 1 is 1.46 bits per heavy atom. The van der Waals surface area contributed by atoms with Gasteiger partial charge in [-0.1, -0.05) is 13.8 Å². The van der Waals surface area contributed by atoms with Crippen LogP contribution < -0.4 is 11.4 Å². The Morgan fingerprint density at radius 3 is 2.54 bits per heavy atom. The highest BCUT2D eigenvalue weighted by molar-refractivity contribution is 7.40. The molecule has 0 bridgehead atoms. The van der Waals surface area contributed by atoms with Gasteiger partial charge in [-0.3, -0.25) is 9.98 Å². The van der Waals surface area contributed by atoms with Crippen LogP contribution in [0.15, 0.2) is 12.3 Å². The molecule has 3 atom stereocenters. The van der Waals surface area contributed by atoms with Crippen molar-refractivity contribution in [1.29, 1.82) is 5.41 Å². The first kappa shape index (κ1) is 26.7. The van der Waals surface area contributed by atoms with E-state index in [2.05, 4.69) is 4.98 Å². The molecule has 13 heteroatoms. The summed E-state index contributed by atoms with van der Waals surface area (Å²) >= 11 is 0. The van der Waals surface area contributed by atoms with Crippen LogP contribution in [-0.2, 0) is 13.8 Å². The molecule has 0 aromatic carbocycles. The van der Waals surface area contributed by atoms with Gasteiger partial charge in [0.1, 0.15) is 5.82 Å². The summed E-state index contributed by atoms with van der Waals surface area (Å²) < 4.78 is 63.7. The zero-order chi connectivity index (χ0) is 21.9. The Hall–Kier alpha value is -1.33. The summed E-state index contributed by atoms with van der Waals surface area (Å²) in [5, 5.41) is 7.64. The van der Waals surface area contributed by atoms with E-state index in [4.69, 9.17) is 24.9 Å². The lowest BCUT2D eigenvalue weighted by Gasteiger charge is -2.20. The number of nitrogens with zero attached hydrogens (tertiary/aromatic N) is 2. The molecule has 4 N–H and O–H groups in total. The first-order valence-electron chi connectivity index (χ1n) is 8.43. The van der Waals surface area contributed by atoms with E-state index in [9.17, 15) is 22.5 Å². The van der Waals surface area contributed by atoms with Gasteiger partial charge in [-0.05, 0) is 19.9 Å². The molecule has 3 unspecified atom stereocenters. The van der Waals surface area contributed by atoms with Gasteiger partial charge in [0.05, 0.1) is 18.8 Å². The van der Waals surface area contributed by atoms with Crippen molar-refractivity contribution in [2.75, 3.05) is 19.3 Å². The van der Waals surface area contributed by atoms with E-state index in [-0.39, 0.29) is 18.5 Å². The van der Waals surface area contributed by atoms with E-state index in [0.717, 1.165) is 4.57 Å². The maximum Gasteiger partial charge on any atom is 0.330 e. The minimum Gasteiger partial charge on any atom is -0.384 e. The van der Waals surface area contributed by atoms with Crippen LogP contribution in [0.5, 0.6) is 0 Å². The normalized spacial score (nSPS) is 21.4. The third kappa shape index (κ3) is 8.78. The summed E-state index contributed by atoms with van der Waals surface area (Å²) in [5.41, 5.74) is 4.98. The van der Waals surface area contributed by atoms with Crippen LogP contribution >= 0.6 is 8.60 Å². The fraction of sp³-hybridized carbons (Fsp3) is 0.733. The standard InChI is InChI=1S/C12H19F2N4O4P.C2H6.CH2F2/c1-7(2)22-23(19)20-6-8-5-12(13,14)10(21-8)18-4-3-9(15)17-11(18)16;1-2;2-1-3/h3-4,7-8,10,19H,5-6H2,1-2H3,(H3,15,16,17);1-2H3;1H2. The summed E-state index contributed by atoms with van der Waals surface area (Å²) in [7, 11) is -2.14.